The molecule has 0 spiro atoms. The van der Waals surface area contributed by atoms with Crippen molar-refractivity contribution in [1.29, 1.82) is 0 Å². The fourth-order valence-corrected chi connectivity index (χ4v) is 4.65. The van der Waals surface area contributed by atoms with Crippen LogP contribution in [0.3, 0.4) is 0 Å². The second kappa shape index (κ2) is 6.29. The van der Waals surface area contributed by atoms with Crippen LogP contribution in [0.1, 0.15) is 36.2 Å². The first-order valence-electron chi connectivity index (χ1n) is 8.98. The van der Waals surface area contributed by atoms with Gasteiger partial charge in [-0.05, 0) is 43.7 Å². The minimum Gasteiger partial charge on any atom is -0.381 e. The van der Waals surface area contributed by atoms with E-state index in [0.717, 1.165) is 50.8 Å². The van der Waals surface area contributed by atoms with E-state index < -0.39 is 0 Å². The normalized spacial score (nSPS) is 29.2. The summed E-state index contributed by atoms with van der Waals surface area (Å²) in [6.45, 7) is 5.08. The van der Waals surface area contributed by atoms with Gasteiger partial charge in [0.15, 0.2) is 0 Å². The fourth-order valence-electron chi connectivity index (χ4n) is 4.65. The molecular formula is C18H27N3O2. The van der Waals surface area contributed by atoms with E-state index in [2.05, 4.69) is 9.80 Å². The van der Waals surface area contributed by atoms with Crippen molar-refractivity contribution in [3.05, 3.63) is 24.0 Å². The second-order valence-electron chi connectivity index (χ2n) is 7.27. The van der Waals surface area contributed by atoms with Crippen molar-refractivity contribution >= 4 is 5.91 Å². The van der Waals surface area contributed by atoms with Crippen LogP contribution in [0.4, 0.5) is 0 Å². The van der Waals surface area contributed by atoms with Crippen LogP contribution in [0.25, 0.3) is 0 Å². The molecule has 5 heteroatoms. The molecule has 0 aromatic carbocycles. The molecule has 5 nitrogen and oxygen atoms in total. The Hall–Kier alpha value is -1.33. The van der Waals surface area contributed by atoms with Crippen molar-refractivity contribution < 1.29 is 9.53 Å². The van der Waals surface area contributed by atoms with E-state index in [9.17, 15) is 4.79 Å². The maximum Gasteiger partial charge on any atom is 0.270 e. The van der Waals surface area contributed by atoms with Gasteiger partial charge >= 0.3 is 0 Å². The average Bonchev–Trinajstić information content (AvgIpc) is 3.25. The molecule has 126 valence electrons. The Bertz CT molecular complexity index is 564. The van der Waals surface area contributed by atoms with Crippen LogP contribution >= 0.6 is 0 Å². The molecule has 4 rings (SSSR count). The van der Waals surface area contributed by atoms with Crippen molar-refractivity contribution in [3.8, 4) is 0 Å². The minimum atomic E-state index is 0.206. The number of carbonyl (C=O) groups is 1. The molecule has 1 aromatic rings. The van der Waals surface area contributed by atoms with E-state index in [1.807, 2.05) is 29.9 Å². The number of ether oxygens (including phenoxy) is 1. The van der Waals surface area contributed by atoms with Crippen LogP contribution in [0.5, 0.6) is 0 Å². The molecule has 0 unspecified atom stereocenters. The van der Waals surface area contributed by atoms with Crippen LogP contribution in [0.15, 0.2) is 18.3 Å². The highest BCUT2D eigenvalue weighted by Gasteiger charge is 2.45. The third-order valence-corrected chi connectivity index (χ3v) is 5.95. The predicted molar refractivity (Wildman–Crippen MR) is 88.4 cm³/mol. The Balaban J connectivity index is 1.41. The highest BCUT2D eigenvalue weighted by atomic mass is 16.5. The Morgan fingerprint density at radius 1 is 1.17 bits per heavy atom. The van der Waals surface area contributed by atoms with Crippen LogP contribution in [0, 0.1) is 5.92 Å². The SMILES string of the molecule is Cn1cccc1C(=O)N1CC[C@H]2[C@H]1CCN2CC1CCOCC1. The Labute approximate surface area is 138 Å². The number of carbonyl (C=O) groups excluding carboxylic acids is 1. The summed E-state index contributed by atoms with van der Waals surface area (Å²) in [7, 11) is 1.95. The molecule has 0 N–H and O–H groups in total. The summed E-state index contributed by atoms with van der Waals surface area (Å²) in [5, 5.41) is 0. The molecule has 0 bridgehead atoms. The summed E-state index contributed by atoms with van der Waals surface area (Å²) >= 11 is 0. The number of nitrogens with zero attached hydrogens (tertiary/aromatic N) is 3. The first-order chi connectivity index (χ1) is 11.2. The van der Waals surface area contributed by atoms with E-state index in [0.29, 0.717) is 12.1 Å². The summed E-state index contributed by atoms with van der Waals surface area (Å²) in [6, 6.07) is 4.87. The first-order valence-corrected chi connectivity index (χ1v) is 8.98. The van der Waals surface area contributed by atoms with E-state index in [4.69, 9.17) is 4.74 Å². The lowest BCUT2D eigenvalue weighted by Gasteiger charge is -2.30. The molecule has 0 saturated carbocycles. The lowest BCUT2D eigenvalue weighted by atomic mass is 9.99. The molecule has 3 aliphatic rings. The molecular weight excluding hydrogens is 290 g/mol. The molecule has 1 aromatic heterocycles. The van der Waals surface area contributed by atoms with Crippen molar-refractivity contribution in [2.45, 2.75) is 37.8 Å². The highest BCUT2D eigenvalue weighted by Crippen LogP contribution is 2.34. The fraction of sp³-hybridized carbons (Fsp3) is 0.722. The number of amides is 1. The van der Waals surface area contributed by atoms with Gasteiger partial charge in [0.2, 0.25) is 0 Å². The zero-order valence-electron chi connectivity index (χ0n) is 14.0. The second-order valence-corrected chi connectivity index (χ2v) is 7.27. The van der Waals surface area contributed by atoms with Gasteiger partial charge in [0.1, 0.15) is 5.69 Å². The molecule has 3 aliphatic heterocycles. The Morgan fingerprint density at radius 2 is 1.96 bits per heavy atom. The number of likely N-dealkylation sites (tertiary alicyclic amines) is 2. The monoisotopic (exact) mass is 317 g/mol. The summed E-state index contributed by atoms with van der Waals surface area (Å²) in [5.41, 5.74) is 0.813. The maximum atomic E-state index is 12.8. The third kappa shape index (κ3) is 2.81. The average molecular weight is 317 g/mol. The van der Waals surface area contributed by atoms with E-state index in [1.165, 1.54) is 19.4 Å². The van der Waals surface area contributed by atoms with Gasteiger partial charge in [-0.3, -0.25) is 9.69 Å². The minimum absolute atomic E-state index is 0.206. The molecule has 23 heavy (non-hydrogen) atoms. The van der Waals surface area contributed by atoms with Crippen molar-refractivity contribution in [1.82, 2.24) is 14.4 Å². The summed E-state index contributed by atoms with van der Waals surface area (Å²) < 4.78 is 7.41. The van der Waals surface area contributed by atoms with Gasteiger partial charge in [0.05, 0.1) is 0 Å². The number of fused-ring (bicyclic) bond motifs is 1. The van der Waals surface area contributed by atoms with Crippen LogP contribution in [0.2, 0.25) is 0 Å². The zero-order chi connectivity index (χ0) is 15.8. The van der Waals surface area contributed by atoms with Gasteiger partial charge in [-0.2, -0.15) is 0 Å². The predicted octanol–water partition coefficient (Wildman–Crippen LogP) is 1.74. The number of hydrogen-bond acceptors (Lipinski definition) is 3. The molecule has 1 amide bonds. The molecule has 4 heterocycles. The standard InChI is InChI=1S/C18H27N3O2/c1-19-8-2-3-17(19)18(22)21-10-5-15-16(21)4-9-20(15)13-14-6-11-23-12-7-14/h2-3,8,14-16H,4-7,9-13H2,1H3/t15-,16+/m0/s1. The molecule has 0 aliphatic carbocycles. The van der Waals surface area contributed by atoms with E-state index >= 15 is 0 Å². The Morgan fingerprint density at radius 3 is 2.70 bits per heavy atom. The van der Waals surface area contributed by atoms with Crippen molar-refractivity contribution in [3.63, 3.8) is 0 Å². The molecule has 0 radical (unpaired) electrons. The Kier molecular flexibility index (Phi) is 4.16. The van der Waals surface area contributed by atoms with Gasteiger partial charge in [-0.25, -0.2) is 0 Å². The molecule has 2 atom stereocenters. The number of rotatable bonds is 3. The third-order valence-electron chi connectivity index (χ3n) is 5.95. The number of hydrogen-bond donors (Lipinski definition) is 0. The quantitative estimate of drug-likeness (QED) is 0.852. The first kappa shape index (κ1) is 15.2. The lowest BCUT2D eigenvalue weighted by molar-refractivity contribution is 0.0502. The van der Waals surface area contributed by atoms with Gasteiger partial charge in [0.25, 0.3) is 5.91 Å². The number of aromatic nitrogens is 1. The van der Waals surface area contributed by atoms with Gasteiger partial charge in [0, 0.05) is 58.2 Å². The summed E-state index contributed by atoms with van der Waals surface area (Å²) in [6.07, 6.45) is 6.60. The van der Waals surface area contributed by atoms with Crippen LogP contribution in [-0.2, 0) is 11.8 Å². The van der Waals surface area contributed by atoms with Crippen LogP contribution < -0.4 is 0 Å². The summed E-state index contributed by atoms with van der Waals surface area (Å²) in [5.74, 6) is 0.984. The zero-order valence-corrected chi connectivity index (χ0v) is 14.0. The molecule has 3 fully saturated rings. The van der Waals surface area contributed by atoms with E-state index in [1.54, 1.807) is 0 Å². The van der Waals surface area contributed by atoms with Gasteiger partial charge in [-0.15, -0.1) is 0 Å². The topological polar surface area (TPSA) is 37.7 Å². The van der Waals surface area contributed by atoms with Crippen molar-refractivity contribution in [2.24, 2.45) is 13.0 Å². The van der Waals surface area contributed by atoms with Gasteiger partial charge in [-0.1, -0.05) is 0 Å². The van der Waals surface area contributed by atoms with Crippen LogP contribution in [-0.4, -0.2) is 65.2 Å². The molecule has 3 saturated heterocycles. The summed E-state index contributed by atoms with van der Waals surface area (Å²) in [4.78, 5) is 17.6. The number of aryl methyl sites for hydroxylation is 1. The lowest BCUT2D eigenvalue weighted by Crippen LogP contribution is -2.41. The highest BCUT2D eigenvalue weighted by molar-refractivity contribution is 5.93. The van der Waals surface area contributed by atoms with E-state index in [-0.39, 0.29) is 5.91 Å². The largest absolute Gasteiger partial charge is 0.381 e. The maximum absolute atomic E-state index is 12.8. The van der Waals surface area contributed by atoms with Gasteiger partial charge < -0.3 is 14.2 Å². The van der Waals surface area contributed by atoms with Crippen molar-refractivity contribution in [2.75, 3.05) is 32.8 Å². The smallest absolute Gasteiger partial charge is 0.270 e.